The molecule has 7 nitrogen and oxygen atoms in total. The number of para-hydroxylation sites is 1. The number of thioether (sulfide) groups is 1. The first-order valence-electron chi connectivity index (χ1n) is 10.9. The van der Waals surface area contributed by atoms with Crippen LogP contribution in [0.1, 0.15) is 39.0 Å². The molecule has 0 radical (unpaired) electrons. The summed E-state index contributed by atoms with van der Waals surface area (Å²) in [6.45, 7) is 1.95. The number of benzene rings is 1. The fourth-order valence-electron chi connectivity index (χ4n) is 4.19. The summed E-state index contributed by atoms with van der Waals surface area (Å²) in [6.07, 6.45) is 10.7. The lowest BCUT2D eigenvalue weighted by Gasteiger charge is -2.34. The average molecular weight is 465 g/mol. The average Bonchev–Trinajstić information content (AvgIpc) is 3.51. The van der Waals surface area contributed by atoms with Gasteiger partial charge in [-0.1, -0.05) is 49.2 Å². The van der Waals surface area contributed by atoms with Crippen molar-refractivity contribution < 1.29 is 4.79 Å². The highest BCUT2D eigenvalue weighted by Crippen LogP contribution is 2.34. The van der Waals surface area contributed by atoms with Gasteiger partial charge in [0, 0.05) is 17.6 Å². The summed E-state index contributed by atoms with van der Waals surface area (Å²) in [5.41, 5.74) is 1.67. The zero-order valence-corrected chi connectivity index (χ0v) is 19.4. The molecule has 1 aromatic carbocycles. The number of rotatable bonds is 6. The number of amides is 1. The van der Waals surface area contributed by atoms with Crippen molar-refractivity contribution in [2.75, 3.05) is 4.90 Å². The molecule has 0 saturated heterocycles. The summed E-state index contributed by atoms with van der Waals surface area (Å²) in [4.78, 5) is 29.0. The summed E-state index contributed by atoms with van der Waals surface area (Å²) >= 11 is 2.99. The number of hydrogen-bond donors (Lipinski definition) is 0. The van der Waals surface area contributed by atoms with Crippen LogP contribution in [0, 0.1) is 0 Å². The van der Waals surface area contributed by atoms with Crippen molar-refractivity contribution in [3.63, 3.8) is 0 Å². The van der Waals surface area contributed by atoms with Crippen LogP contribution < -0.4 is 4.90 Å². The SMILES string of the molecule is CC(Sc1ncnc2c1cnn2-c1ccccc1)C(=O)N(c1nccs1)C1CCCCC1. The van der Waals surface area contributed by atoms with Gasteiger partial charge in [0.1, 0.15) is 11.4 Å². The van der Waals surface area contributed by atoms with E-state index in [4.69, 9.17) is 0 Å². The number of fused-ring (bicyclic) bond motifs is 1. The summed E-state index contributed by atoms with van der Waals surface area (Å²) < 4.78 is 1.80. The Kier molecular flexibility index (Phi) is 6.18. The molecule has 4 aromatic rings. The molecule has 3 aromatic heterocycles. The molecule has 0 aliphatic heterocycles. The van der Waals surface area contributed by atoms with Gasteiger partial charge >= 0.3 is 0 Å². The second kappa shape index (κ2) is 9.38. The van der Waals surface area contributed by atoms with Crippen molar-refractivity contribution in [3.8, 4) is 5.69 Å². The van der Waals surface area contributed by atoms with Gasteiger partial charge in [-0.3, -0.25) is 9.69 Å². The number of thiazole rings is 1. The topological polar surface area (TPSA) is 76.8 Å². The third-order valence-electron chi connectivity index (χ3n) is 5.77. The van der Waals surface area contributed by atoms with Gasteiger partial charge in [-0.2, -0.15) is 5.10 Å². The van der Waals surface area contributed by atoms with Gasteiger partial charge in [0.15, 0.2) is 10.8 Å². The highest BCUT2D eigenvalue weighted by atomic mass is 32.2. The Balaban J connectivity index is 1.42. The number of carbonyl (C=O) groups excluding carboxylic acids is 1. The lowest BCUT2D eigenvalue weighted by Crippen LogP contribution is -2.45. The summed E-state index contributed by atoms with van der Waals surface area (Å²) in [5.74, 6) is 0.0825. The first kappa shape index (κ1) is 21.1. The van der Waals surface area contributed by atoms with Gasteiger partial charge in [0.25, 0.3) is 0 Å². The zero-order chi connectivity index (χ0) is 21.9. The van der Waals surface area contributed by atoms with Crippen LogP contribution in [0.2, 0.25) is 0 Å². The van der Waals surface area contributed by atoms with Gasteiger partial charge in [-0.25, -0.2) is 19.6 Å². The van der Waals surface area contributed by atoms with E-state index in [-0.39, 0.29) is 17.2 Å². The molecule has 1 aliphatic rings. The third-order valence-corrected chi connectivity index (χ3v) is 7.64. The van der Waals surface area contributed by atoms with Crippen molar-refractivity contribution in [3.05, 3.63) is 54.4 Å². The van der Waals surface area contributed by atoms with Gasteiger partial charge in [-0.15, -0.1) is 11.3 Å². The van der Waals surface area contributed by atoms with Crippen LogP contribution in [0.25, 0.3) is 16.7 Å². The van der Waals surface area contributed by atoms with E-state index in [0.717, 1.165) is 52.6 Å². The lowest BCUT2D eigenvalue weighted by atomic mass is 9.94. The molecular formula is C23H24N6OS2. The molecule has 1 unspecified atom stereocenters. The van der Waals surface area contributed by atoms with E-state index < -0.39 is 0 Å². The first-order chi connectivity index (χ1) is 15.7. The van der Waals surface area contributed by atoms with Crippen LogP contribution in [0.3, 0.4) is 0 Å². The van der Waals surface area contributed by atoms with Crippen LogP contribution in [0.4, 0.5) is 5.13 Å². The highest BCUT2D eigenvalue weighted by molar-refractivity contribution is 8.00. The van der Waals surface area contributed by atoms with Crippen molar-refractivity contribution in [1.29, 1.82) is 0 Å². The minimum absolute atomic E-state index is 0.0825. The van der Waals surface area contributed by atoms with Crippen molar-refractivity contribution in [2.24, 2.45) is 0 Å². The number of anilines is 1. The fraction of sp³-hybridized carbons (Fsp3) is 0.348. The summed E-state index contributed by atoms with van der Waals surface area (Å²) in [7, 11) is 0. The van der Waals surface area contributed by atoms with Crippen LogP contribution in [0.5, 0.6) is 0 Å². The third kappa shape index (κ3) is 4.14. The van der Waals surface area contributed by atoms with Gasteiger partial charge in [-0.05, 0) is 31.9 Å². The fourth-order valence-corrected chi connectivity index (χ4v) is 5.84. The second-order valence-electron chi connectivity index (χ2n) is 7.88. The molecule has 0 N–H and O–H groups in total. The standard InChI is InChI=1S/C23H24N6OS2/c1-16(22(30)28(23-24-12-13-31-23)17-8-4-2-5-9-17)32-21-19-14-27-29(20(19)25-15-26-21)18-10-6-3-7-11-18/h3,6-7,10-17H,2,4-5,8-9H2,1H3. The molecule has 0 bridgehead atoms. The molecule has 1 saturated carbocycles. The minimum Gasteiger partial charge on any atom is -0.284 e. The van der Waals surface area contributed by atoms with E-state index in [1.54, 1.807) is 23.4 Å². The van der Waals surface area contributed by atoms with Crippen molar-refractivity contribution in [1.82, 2.24) is 24.7 Å². The van der Waals surface area contributed by atoms with E-state index >= 15 is 0 Å². The molecule has 1 amide bonds. The molecule has 1 fully saturated rings. The van der Waals surface area contributed by atoms with Crippen molar-refractivity contribution in [2.45, 2.75) is 55.3 Å². The predicted molar refractivity (Wildman–Crippen MR) is 128 cm³/mol. The molecular weight excluding hydrogens is 440 g/mol. The Labute approximate surface area is 194 Å². The van der Waals surface area contributed by atoms with Crippen LogP contribution in [0.15, 0.2) is 59.5 Å². The van der Waals surface area contributed by atoms with Gasteiger partial charge in [0.2, 0.25) is 5.91 Å². The summed E-state index contributed by atoms with van der Waals surface area (Å²) in [5, 5.41) is 8.55. The maximum absolute atomic E-state index is 13.6. The van der Waals surface area contributed by atoms with Crippen LogP contribution in [-0.2, 0) is 4.79 Å². The number of nitrogens with zero attached hydrogens (tertiary/aromatic N) is 6. The van der Waals surface area contributed by atoms with E-state index in [0.29, 0.717) is 0 Å². The highest BCUT2D eigenvalue weighted by Gasteiger charge is 2.32. The number of carbonyl (C=O) groups is 1. The number of aromatic nitrogens is 5. The normalized spacial score (nSPS) is 15.7. The predicted octanol–water partition coefficient (Wildman–Crippen LogP) is 5.12. The van der Waals surface area contributed by atoms with E-state index in [1.165, 1.54) is 29.5 Å². The lowest BCUT2D eigenvalue weighted by molar-refractivity contribution is -0.118. The first-order valence-corrected chi connectivity index (χ1v) is 12.6. The molecule has 32 heavy (non-hydrogen) atoms. The van der Waals surface area contributed by atoms with Gasteiger partial charge < -0.3 is 0 Å². The van der Waals surface area contributed by atoms with Crippen LogP contribution in [-0.4, -0.2) is 41.9 Å². The van der Waals surface area contributed by atoms with E-state index in [1.807, 2.05) is 47.5 Å². The van der Waals surface area contributed by atoms with E-state index in [2.05, 4.69) is 20.1 Å². The molecule has 9 heteroatoms. The number of hydrogen-bond acceptors (Lipinski definition) is 7. The smallest absolute Gasteiger partial charge is 0.242 e. The maximum Gasteiger partial charge on any atom is 0.242 e. The minimum atomic E-state index is -0.306. The summed E-state index contributed by atoms with van der Waals surface area (Å²) in [6, 6.07) is 10.1. The zero-order valence-electron chi connectivity index (χ0n) is 17.8. The largest absolute Gasteiger partial charge is 0.284 e. The Bertz CT molecular complexity index is 1190. The quantitative estimate of drug-likeness (QED) is 0.291. The van der Waals surface area contributed by atoms with Crippen LogP contribution >= 0.6 is 23.1 Å². The second-order valence-corrected chi connectivity index (χ2v) is 10.1. The molecule has 0 spiro atoms. The van der Waals surface area contributed by atoms with Gasteiger partial charge in [0.05, 0.1) is 22.5 Å². The Morgan fingerprint density at radius 1 is 1.16 bits per heavy atom. The maximum atomic E-state index is 13.6. The molecule has 5 rings (SSSR count). The van der Waals surface area contributed by atoms with E-state index in [9.17, 15) is 4.79 Å². The molecule has 3 heterocycles. The Hall–Kier alpha value is -2.78. The molecule has 1 aliphatic carbocycles. The molecule has 1 atom stereocenters. The molecule has 164 valence electrons. The Morgan fingerprint density at radius 2 is 1.97 bits per heavy atom. The monoisotopic (exact) mass is 464 g/mol. The Morgan fingerprint density at radius 3 is 2.72 bits per heavy atom. The van der Waals surface area contributed by atoms with Crippen molar-refractivity contribution >= 4 is 45.2 Å².